The third kappa shape index (κ3) is 4.69. The van der Waals surface area contributed by atoms with Crippen LogP contribution >= 0.6 is 0 Å². The smallest absolute Gasteiger partial charge is 0.382 e. The molecule has 4 nitrogen and oxygen atoms in total. The van der Waals surface area contributed by atoms with Crippen molar-refractivity contribution in [1.29, 1.82) is 0 Å². The van der Waals surface area contributed by atoms with E-state index in [2.05, 4.69) is 30.1 Å². The van der Waals surface area contributed by atoms with Gasteiger partial charge in [-0.2, -0.15) is 13.2 Å². The number of benzene rings is 3. The number of hydrogen-bond donors (Lipinski definition) is 1. The zero-order chi connectivity index (χ0) is 23.8. The second kappa shape index (κ2) is 9.06. The molecule has 1 unspecified atom stereocenters. The molecule has 3 aromatic carbocycles. The highest BCUT2D eigenvalue weighted by Crippen LogP contribution is 2.39. The van der Waals surface area contributed by atoms with E-state index in [0.717, 1.165) is 46.9 Å². The van der Waals surface area contributed by atoms with Crippen LogP contribution in [0.5, 0.6) is 0 Å². The fourth-order valence-corrected chi connectivity index (χ4v) is 4.68. The summed E-state index contributed by atoms with van der Waals surface area (Å²) < 4.78 is 44.4. The van der Waals surface area contributed by atoms with Gasteiger partial charge in [0.05, 0.1) is 12.2 Å². The summed E-state index contributed by atoms with van der Waals surface area (Å²) in [5, 5.41) is 5.55. The summed E-state index contributed by atoms with van der Waals surface area (Å²) in [6.45, 7) is 4.59. The lowest BCUT2D eigenvalue weighted by Gasteiger charge is -2.43. The second-order valence-corrected chi connectivity index (χ2v) is 8.94. The molecule has 1 saturated heterocycles. The first-order valence-corrected chi connectivity index (χ1v) is 11.4. The van der Waals surface area contributed by atoms with Crippen LogP contribution in [0.4, 0.5) is 18.9 Å². The molecule has 1 atom stereocenters. The van der Waals surface area contributed by atoms with Gasteiger partial charge in [-0.1, -0.05) is 49.0 Å². The van der Waals surface area contributed by atoms with Gasteiger partial charge in [-0.05, 0) is 59.0 Å². The second-order valence-electron chi connectivity index (χ2n) is 8.94. The van der Waals surface area contributed by atoms with Crippen molar-refractivity contribution < 1.29 is 27.7 Å². The van der Waals surface area contributed by atoms with Crippen LogP contribution in [0.1, 0.15) is 36.8 Å². The van der Waals surface area contributed by atoms with Gasteiger partial charge in [0.25, 0.3) is 0 Å². The molecule has 0 aromatic heterocycles. The maximum absolute atomic E-state index is 12.8. The Morgan fingerprint density at radius 1 is 0.941 bits per heavy atom. The zero-order valence-corrected chi connectivity index (χ0v) is 18.6. The summed E-state index contributed by atoms with van der Waals surface area (Å²) in [7, 11) is 0. The molecule has 1 N–H and O–H groups in total. The van der Waals surface area contributed by atoms with Crippen molar-refractivity contribution in [3.05, 3.63) is 84.4 Å². The van der Waals surface area contributed by atoms with Crippen LogP contribution in [0.25, 0.3) is 16.3 Å². The monoisotopic (exact) mass is 469 g/mol. The number of halogens is 3. The van der Waals surface area contributed by atoms with E-state index in [-0.39, 0.29) is 6.04 Å². The van der Waals surface area contributed by atoms with Crippen LogP contribution in [0.15, 0.2) is 73.3 Å². The largest absolute Gasteiger partial charge is 0.416 e. The topological polar surface area (TPSA) is 39.7 Å². The Kier molecular flexibility index (Phi) is 6.10. The Balaban J connectivity index is 1.16. The minimum atomic E-state index is -4.33. The average Bonchev–Trinajstić information content (AvgIpc) is 2.85. The van der Waals surface area contributed by atoms with Gasteiger partial charge in [-0.3, -0.25) is 0 Å². The summed E-state index contributed by atoms with van der Waals surface area (Å²) in [5.41, 5.74) is 1.84. The van der Waals surface area contributed by atoms with Gasteiger partial charge < -0.3 is 10.1 Å². The predicted molar refractivity (Wildman–Crippen MR) is 125 cm³/mol. The van der Waals surface area contributed by atoms with Gasteiger partial charge in [0, 0.05) is 24.6 Å². The lowest BCUT2D eigenvalue weighted by Crippen LogP contribution is -2.49. The van der Waals surface area contributed by atoms with Crippen molar-refractivity contribution in [2.75, 3.05) is 11.9 Å². The van der Waals surface area contributed by atoms with E-state index in [4.69, 9.17) is 14.5 Å². The van der Waals surface area contributed by atoms with E-state index < -0.39 is 23.6 Å². The number of hydrogen-bond acceptors (Lipinski definition) is 4. The Morgan fingerprint density at radius 3 is 2.32 bits per heavy atom. The molecular formula is C27H26F3NO3. The highest BCUT2D eigenvalue weighted by molar-refractivity contribution is 5.94. The van der Waals surface area contributed by atoms with Crippen LogP contribution in [0, 0.1) is 0 Å². The quantitative estimate of drug-likeness (QED) is 0.419. The Morgan fingerprint density at radius 2 is 1.65 bits per heavy atom. The molecule has 34 heavy (non-hydrogen) atoms. The Hall–Kier alpha value is -2.87. The Bertz CT molecular complexity index is 1150. The molecule has 2 fully saturated rings. The molecule has 2 aliphatic rings. The molecule has 1 heterocycles. The number of alkyl halides is 3. The number of rotatable bonds is 4. The Labute approximate surface area is 196 Å². The first kappa shape index (κ1) is 22.9. The molecule has 1 saturated carbocycles. The third-order valence-electron chi connectivity index (χ3n) is 6.67. The van der Waals surface area contributed by atoms with Gasteiger partial charge in [0.15, 0.2) is 0 Å². The van der Waals surface area contributed by atoms with E-state index in [0.29, 0.717) is 25.1 Å². The summed E-state index contributed by atoms with van der Waals surface area (Å²) >= 11 is 0. The van der Waals surface area contributed by atoms with E-state index in [1.54, 1.807) is 0 Å². The summed E-state index contributed by atoms with van der Waals surface area (Å²) in [6, 6.07) is 19.5. The molecule has 1 spiro atoms. The number of nitrogens with one attached hydrogen (secondary N) is 1. The van der Waals surface area contributed by atoms with Gasteiger partial charge in [-0.25, -0.2) is 9.78 Å². The van der Waals surface area contributed by atoms with E-state index in [1.165, 1.54) is 12.1 Å². The number of fused-ring (bicyclic) bond motifs is 1. The minimum absolute atomic E-state index is 0.123. The fraction of sp³-hybridized carbons (Fsp3) is 0.333. The normalized spacial score (nSPS) is 25.4. The van der Waals surface area contributed by atoms with Crippen molar-refractivity contribution in [1.82, 2.24) is 0 Å². The lowest BCUT2D eigenvalue weighted by molar-refractivity contribution is -0.483. The van der Waals surface area contributed by atoms with Crippen molar-refractivity contribution in [3.63, 3.8) is 0 Å². The van der Waals surface area contributed by atoms with E-state index in [9.17, 15) is 13.2 Å². The first-order chi connectivity index (χ1) is 16.3. The van der Waals surface area contributed by atoms with E-state index >= 15 is 0 Å². The molecule has 0 radical (unpaired) electrons. The fourth-order valence-electron chi connectivity index (χ4n) is 4.68. The van der Waals surface area contributed by atoms with Crippen LogP contribution in [0.2, 0.25) is 0 Å². The summed E-state index contributed by atoms with van der Waals surface area (Å²) in [6.07, 6.45) is -1.99. The van der Waals surface area contributed by atoms with Crippen LogP contribution in [-0.2, 0) is 20.7 Å². The van der Waals surface area contributed by atoms with Crippen LogP contribution < -0.4 is 5.32 Å². The average molecular weight is 470 g/mol. The van der Waals surface area contributed by atoms with Crippen LogP contribution in [-0.4, -0.2) is 24.5 Å². The first-order valence-electron chi connectivity index (χ1n) is 11.4. The standard InChI is InChI=1S/C27H26F3NO3/c1-18(23-8-4-6-19-5-2-3-7-24(19)23)25-17-32-26(34-33-25)15-13-22(14-16-26)31-21-11-9-20(10-12-21)27(28,29)30/h2-12,22,25,31H,1,13-17H2. The minimum Gasteiger partial charge on any atom is -0.382 e. The number of anilines is 1. The molecule has 1 aliphatic heterocycles. The van der Waals surface area contributed by atoms with Gasteiger partial charge in [0.1, 0.15) is 6.10 Å². The highest BCUT2D eigenvalue weighted by atomic mass is 19.4. The SMILES string of the molecule is C=C(c1cccc2ccccc12)C1COC2(CCC(Nc3ccc(C(F)(F)F)cc3)CC2)OO1. The maximum Gasteiger partial charge on any atom is 0.416 e. The van der Waals surface area contributed by atoms with Crippen molar-refractivity contribution in [3.8, 4) is 0 Å². The maximum atomic E-state index is 12.8. The van der Waals surface area contributed by atoms with Crippen molar-refractivity contribution in [2.24, 2.45) is 0 Å². The van der Waals surface area contributed by atoms with Gasteiger partial charge >= 0.3 is 6.18 Å². The van der Waals surface area contributed by atoms with Crippen molar-refractivity contribution >= 4 is 22.0 Å². The molecular weight excluding hydrogens is 443 g/mol. The van der Waals surface area contributed by atoms with E-state index in [1.807, 2.05) is 24.3 Å². The molecule has 0 amide bonds. The molecule has 1 aliphatic carbocycles. The molecule has 0 bridgehead atoms. The molecule has 178 valence electrons. The molecule has 3 aromatic rings. The highest BCUT2D eigenvalue weighted by Gasteiger charge is 2.43. The third-order valence-corrected chi connectivity index (χ3v) is 6.67. The molecule has 7 heteroatoms. The predicted octanol–water partition coefficient (Wildman–Crippen LogP) is 6.97. The van der Waals surface area contributed by atoms with Crippen molar-refractivity contribution in [2.45, 2.75) is 49.8 Å². The zero-order valence-electron chi connectivity index (χ0n) is 18.6. The van der Waals surface area contributed by atoms with Gasteiger partial charge in [0.2, 0.25) is 5.79 Å². The summed E-state index contributed by atoms with van der Waals surface area (Å²) in [4.78, 5) is 11.6. The molecule has 5 rings (SSSR count). The lowest BCUT2D eigenvalue weighted by atomic mass is 9.89. The number of ether oxygens (including phenoxy) is 1. The van der Waals surface area contributed by atoms with Gasteiger partial charge in [-0.15, -0.1) is 0 Å². The van der Waals surface area contributed by atoms with Crippen LogP contribution in [0.3, 0.4) is 0 Å². The summed E-state index contributed by atoms with van der Waals surface area (Å²) in [5.74, 6) is -0.798.